The Labute approximate surface area is 169 Å². The van der Waals surface area contributed by atoms with Gasteiger partial charge in [-0.2, -0.15) is 18.4 Å². The van der Waals surface area contributed by atoms with Crippen LogP contribution in [0.5, 0.6) is 0 Å². The molecule has 0 unspecified atom stereocenters. The normalized spacial score (nSPS) is 11.6. The van der Waals surface area contributed by atoms with Gasteiger partial charge in [0.25, 0.3) is 5.91 Å². The van der Waals surface area contributed by atoms with E-state index in [1.54, 1.807) is 18.2 Å². The van der Waals surface area contributed by atoms with Crippen molar-refractivity contribution in [2.24, 2.45) is 0 Å². The Morgan fingerprint density at radius 1 is 1.18 bits per heavy atom. The molecule has 0 bridgehead atoms. The van der Waals surface area contributed by atoms with Crippen LogP contribution in [0, 0.1) is 11.3 Å². The molecule has 0 heterocycles. The summed E-state index contributed by atoms with van der Waals surface area (Å²) in [5.41, 5.74) is -0.511. The third-order valence-corrected chi connectivity index (χ3v) is 4.15. The first kappa shape index (κ1) is 21.6. The predicted molar refractivity (Wildman–Crippen MR) is 102 cm³/mol. The van der Waals surface area contributed by atoms with Gasteiger partial charge in [-0.3, -0.25) is 4.79 Å². The van der Waals surface area contributed by atoms with Crippen molar-refractivity contribution in [1.82, 2.24) is 5.32 Å². The molecule has 9 heteroatoms. The average Bonchev–Trinajstić information content (AvgIpc) is 2.62. The lowest BCUT2D eigenvalue weighted by atomic mass is 10.1. The van der Waals surface area contributed by atoms with E-state index in [1.165, 1.54) is 12.3 Å². The predicted octanol–water partition coefficient (Wildman–Crippen LogP) is 5.19. The minimum Gasteiger partial charge on any atom is -0.389 e. The molecule has 146 valence electrons. The molecular weight excluding hydrogens is 414 g/mol. The summed E-state index contributed by atoms with van der Waals surface area (Å²) in [5.74, 6) is -0.840. The number of rotatable bonds is 6. The highest BCUT2D eigenvalue weighted by Crippen LogP contribution is 2.36. The maximum atomic E-state index is 12.9. The quantitative estimate of drug-likeness (QED) is 0.378. The van der Waals surface area contributed by atoms with Crippen LogP contribution in [0.2, 0.25) is 10.0 Å². The van der Waals surface area contributed by atoms with E-state index < -0.39 is 22.7 Å². The van der Waals surface area contributed by atoms with Crippen molar-refractivity contribution in [3.63, 3.8) is 0 Å². The molecule has 0 atom stereocenters. The minimum atomic E-state index is -4.66. The summed E-state index contributed by atoms with van der Waals surface area (Å²) < 4.78 is 38.6. The van der Waals surface area contributed by atoms with Crippen molar-refractivity contribution < 1.29 is 18.0 Å². The maximum absolute atomic E-state index is 12.9. The zero-order valence-corrected chi connectivity index (χ0v) is 15.8. The first-order valence-corrected chi connectivity index (χ1v) is 8.72. The van der Waals surface area contributed by atoms with Crippen LogP contribution >= 0.6 is 23.2 Å². The Morgan fingerprint density at radius 2 is 1.93 bits per heavy atom. The van der Waals surface area contributed by atoms with E-state index in [1.807, 2.05) is 12.1 Å². The molecule has 0 spiro atoms. The Hall–Kier alpha value is -2.69. The van der Waals surface area contributed by atoms with Gasteiger partial charge in [-0.25, -0.2) is 0 Å². The van der Waals surface area contributed by atoms with Crippen molar-refractivity contribution >= 4 is 34.8 Å². The third kappa shape index (κ3) is 6.19. The molecule has 0 aromatic heterocycles. The van der Waals surface area contributed by atoms with Crippen molar-refractivity contribution in [1.29, 1.82) is 5.26 Å². The van der Waals surface area contributed by atoms with E-state index in [2.05, 4.69) is 10.6 Å². The van der Waals surface area contributed by atoms with Crippen molar-refractivity contribution in [2.75, 3.05) is 11.9 Å². The highest BCUT2D eigenvalue weighted by atomic mass is 35.5. The van der Waals surface area contributed by atoms with Crippen LogP contribution in [0.1, 0.15) is 11.1 Å². The van der Waals surface area contributed by atoms with Gasteiger partial charge in [-0.05, 0) is 42.3 Å². The van der Waals surface area contributed by atoms with Gasteiger partial charge in [-0.1, -0.05) is 35.3 Å². The highest BCUT2D eigenvalue weighted by molar-refractivity contribution is 6.31. The first-order chi connectivity index (χ1) is 13.2. The SMILES string of the molecule is N#C/C(=C/NCCc1cccc(Cl)c1)C(=O)Nc1ccc(Cl)c(C(F)(F)F)c1. The van der Waals surface area contributed by atoms with Crippen LogP contribution < -0.4 is 10.6 Å². The molecule has 0 aliphatic carbocycles. The van der Waals surface area contributed by atoms with E-state index in [-0.39, 0.29) is 11.3 Å². The molecule has 0 radical (unpaired) electrons. The molecule has 1 amide bonds. The number of hydrogen-bond acceptors (Lipinski definition) is 3. The van der Waals surface area contributed by atoms with E-state index in [9.17, 15) is 18.0 Å². The number of carbonyl (C=O) groups excluding carboxylic acids is 1. The van der Waals surface area contributed by atoms with Crippen LogP contribution in [0.4, 0.5) is 18.9 Å². The Morgan fingerprint density at radius 3 is 2.57 bits per heavy atom. The molecule has 2 N–H and O–H groups in total. The van der Waals surface area contributed by atoms with Gasteiger partial charge in [0, 0.05) is 23.5 Å². The summed E-state index contributed by atoms with van der Waals surface area (Å²) in [6, 6.07) is 11.9. The summed E-state index contributed by atoms with van der Waals surface area (Å²) in [6.45, 7) is 0.429. The summed E-state index contributed by atoms with van der Waals surface area (Å²) in [4.78, 5) is 12.1. The van der Waals surface area contributed by atoms with E-state index in [4.69, 9.17) is 28.5 Å². The second kappa shape index (κ2) is 9.49. The third-order valence-electron chi connectivity index (χ3n) is 3.59. The fourth-order valence-electron chi connectivity index (χ4n) is 2.25. The zero-order valence-electron chi connectivity index (χ0n) is 14.3. The van der Waals surface area contributed by atoms with E-state index >= 15 is 0 Å². The van der Waals surface area contributed by atoms with Crippen LogP contribution in [0.3, 0.4) is 0 Å². The molecule has 0 saturated carbocycles. The molecule has 0 fully saturated rings. The summed E-state index contributed by atoms with van der Waals surface area (Å²) in [5, 5.41) is 14.3. The van der Waals surface area contributed by atoms with E-state index in [0.29, 0.717) is 24.1 Å². The van der Waals surface area contributed by atoms with Crippen LogP contribution in [-0.4, -0.2) is 12.5 Å². The minimum absolute atomic E-state index is 0.123. The Bertz CT molecular complexity index is 937. The molecule has 2 aromatic rings. The number of nitrogens with one attached hydrogen (secondary N) is 2. The number of benzene rings is 2. The molecule has 0 aliphatic heterocycles. The highest BCUT2D eigenvalue weighted by Gasteiger charge is 2.33. The number of alkyl halides is 3. The van der Waals surface area contributed by atoms with Gasteiger partial charge >= 0.3 is 6.18 Å². The lowest BCUT2D eigenvalue weighted by molar-refractivity contribution is -0.137. The van der Waals surface area contributed by atoms with Gasteiger partial charge in [0.2, 0.25) is 0 Å². The van der Waals surface area contributed by atoms with Gasteiger partial charge in [0.15, 0.2) is 0 Å². The number of nitrogens with zero attached hydrogens (tertiary/aromatic N) is 1. The van der Waals surface area contributed by atoms with Crippen molar-refractivity contribution in [2.45, 2.75) is 12.6 Å². The van der Waals surface area contributed by atoms with Gasteiger partial charge < -0.3 is 10.6 Å². The number of anilines is 1. The zero-order chi connectivity index (χ0) is 20.7. The fourth-order valence-corrected chi connectivity index (χ4v) is 2.69. The average molecular weight is 428 g/mol. The van der Waals surface area contributed by atoms with Crippen LogP contribution in [0.15, 0.2) is 54.2 Å². The van der Waals surface area contributed by atoms with Crippen molar-refractivity contribution in [3.05, 3.63) is 75.4 Å². The molecule has 2 rings (SSSR count). The second-order valence-electron chi connectivity index (χ2n) is 5.65. The topological polar surface area (TPSA) is 64.9 Å². The van der Waals surface area contributed by atoms with Gasteiger partial charge in [0.05, 0.1) is 10.6 Å². The number of amides is 1. The number of hydrogen-bond donors (Lipinski definition) is 2. The fraction of sp³-hybridized carbons (Fsp3) is 0.158. The molecule has 2 aromatic carbocycles. The first-order valence-electron chi connectivity index (χ1n) is 7.97. The smallest absolute Gasteiger partial charge is 0.389 e. The second-order valence-corrected chi connectivity index (χ2v) is 6.49. The van der Waals surface area contributed by atoms with Crippen molar-refractivity contribution in [3.8, 4) is 6.07 Å². The summed E-state index contributed by atoms with van der Waals surface area (Å²) in [6.07, 6.45) is -2.85. The Balaban J connectivity index is 1.99. The van der Waals surface area contributed by atoms with Crippen LogP contribution in [0.25, 0.3) is 0 Å². The monoisotopic (exact) mass is 427 g/mol. The molecule has 28 heavy (non-hydrogen) atoms. The van der Waals surface area contributed by atoms with Gasteiger partial charge in [0.1, 0.15) is 11.6 Å². The lowest BCUT2D eigenvalue weighted by Crippen LogP contribution is -2.18. The number of carbonyl (C=O) groups is 1. The Kier molecular flexibility index (Phi) is 7.32. The molecule has 0 saturated heterocycles. The molecule has 4 nitrogen and oxygen atoms in total. The van der Waals surface area contributed by atoms with Crippen LogP contribution in [-0.2, 0) is 17.4 Å². The summed E-state index contributed by atoms with van der Waals surface area (Å²) >= 11 is 11.4. The molecule has 0 aliphatic rings. The number of halogens is 5. The largest absolute Gasteiger partial charge is 0.417 e. The standard InChI is InChI=1S/C19H14Cl2F3N3O/c20-14-3-1-2-12(8-14)6-7-26-11-13(10-25)18(28)27-15-4-5-17(21)16(9-15)19(22,23)24/h1-5,8-9,11,26H,6-7H2,(H,27,28)/b13-11-. The van der Waals surface area contributed by atoms with Gasteiger partial charge in [-0.15, -0.1) is 0 Å². The molecular formula is C19H14Cl2F3N3O. The van der Waals surface area contributed by atoms with E-state index in [0.717, 1.165) is 11.6 Å². The maximum Gasteiger partial charge on any atom is 0.417 e. The summed E-state index contributed by atoms with van der Waals surface area (Å²) in [7, 11) is 0. The lowest BCUT2D eigenvalue weighted by Gasteiger charge is -2.11. The number of nitriles is 1.